The van der Waals surface area contributed by atoms with Crippen LogP contribution in [-0.2, 0) is 10.2 Å². The van der Waals surface area contributed by atoms with Crippen LogP contribution in [0.2, 0.25) is 0 Å². The quantitative estimate of drug-likeness (QED) is 0.552. The number of nitrogens with zero attached hydrogens (tertiary/aromatic N) is 3. The Morgan fingerprint density at radius 3 is 2.60 bits per heavy atom. The summed E-state index contributed by atoms with van der Waals surface area (Å²) in [5, 5.41) is 10.1. The first-order chi connectivity index (χ1) is 16.1. The van der Waals surface area contributed by atoms with Gasteiger partial charge in [-0.05, 0) is 37.1 Å². The summed E-state index contributed by atoms with van der Waals surface area (Å²) in [6.45, 7) is 7.28. The van der Waals surface area contributed by atoms with Crippen LogP contribution < -0.4 is 15.1 Å². The molecule has 0 aliphatic carbocycles. The van der Waals surface area contributed by atoms with Gasteiger partial charge < -0.3 is 15.0 Å². The van der Waals surface area contributed by atoms with Gasteiger partial charge in [0.2, 0.25) is 0 Å². The van der Waals surface area contributed by atoms with Crippen LogP contribution in [-0.4, -0.2) is 61.8 Å². The molecule has 1 unspecified atom stereocenters. The predicted octanol–water partition coefficient (Wildman–Crippen LogP) is 4.21. The predicted molar refractivity (Wildman–Crippen MR) is 142 cm³/mol. The fourth-order valence-corrected chi connectivity index (χ4v) is 5.58. The number of fused-ring (bicyclic) bond motifs is 3. The second-order valence-electron chi connectivity index (χ2n) is 9.17. The molecule has 3 heterocycles. The van der Waals surface area contributed by atoms with Crippen LogP contribution in [0.5, 0.6) is 5.75 Å². The van der Waals surface area contributed by atoms with Crippen LogP contribution in [0.4, 0.5) is 10.1 Å². The molecule has 1 fully saturated rings. The summed E-state index contributed by atoms with van der Waals surface area (Å²) in [6.07, 6.45) is 2.81. The molecule has 0 bridgehead atoms. The number of carbonyl (C=O) groups excluding carboxylic acids is 1. The average Bonchev–Trinajstić information content (AvgIpc) is 3.19. The fourth-order valence-electron chi connectivity index (χ4n) is 5.58. The van der Waals surface area contributed by atoms with Gasteiger partial charge in [-0.1, -0.05) is 36.8 Å². The van der Waals surface area contributed by atoms with Crippen molar-refractivity contribution in [2.45, 2.75) is 37.6 Å². The molecule has 35 heavy (non-hydrogen) atoms. The molecule has 2 aromatic carbocycles. The number of carbonyl (C=O) groups is 1. The van der Waals surface area contributed by atoms with Crippen molar-refractivity contribution in [3.63, 3.8) is 0 Å². The Hall–Kier alpha value is -2.19. The highest BCUT2D eigenvalue weighted by Gasteiger charge is 2.55. The van der Waals surface area contributed by atoms with E-state index in [0.717, 1.165) is 57.5 Å². The van der Waals surface area contributed by atoms with E-state index in [9.17, 15) is 9.18 Å². The molecule has 6 nitrogen and oxygen atoms in total. The van der Waals surface area contributed by atoms with Crippen LogP contribution in [0.1, 0.15) is 31.7 Å². The van der Waals surface area contributed by atoms with Crippen molar-refractivity contribution in [3.05, 3.63) is 59.9 Å². The summed E-state index contributed by atoms with van der Waals surface area (Å²) in [4.78, 5) is 15.4. The number of piperazine rings is 1. The Balaban J connectivity index is 0.00000171. The van der Waals surface area contributed by atoms with Gasteiger partial charge in [0, 0.05) is 39.2 Å². The first kappa shape index (κ1) is 27.4. The molecule has 2 atom stereocenters. The van der Waals surface area contributed by atoms with Crippen molar-refractivity contribution in [2.24, 2.45) is 5.10 Å². The second kappa shape index (κ2) is 11.7. The van der Waals surface area contributed by atoms with Crippen molar-refractivity contribution in [2.75, 3.05) is 44.3 Å². The summed E-state index contributed by atoms with van der Waals surface area (Å²) < 4.78 is 20.2. The molecule has 1 saturated heterocycles. The van der Waals surface area contributed by atoms with Crippen LogP contribution in [0, 0.1) is 5.82 Å². The smallest absolute Gasteiger partial charge is 0.176 e. The SMILES string of the molecule is CC(=O)C1=NN2c3cc(F)ccc3OCC2[C@@]1(CCCCN1CCNCC1)c1ccccc1.Cl.Cl. The molecule has 190 valence electrons. The lowest BCUT2D eigenvalue weighted by molar-refractivity contribution is -0.111. The second-order valence-corrected chi connectivity index (χ2v) is 9.17. The maximum absolute atomic E-state index is 14.1. The first-order valence-corrected chi connectivity index (χ1v) is 11.9. The molecular weight excluding hydrogens is 490 g/mol. The number of benzene rings is 2. The minimum absolute atomic E-state index is 0. The number of rotatable bonds is 7. The number of hydrogen-bond acceptors (Lipinski definition) is 6. The van der Waals surface area contributed by atoms with Crippen molar-refractivity contribution in [1.82, 2.24) is 10.2 Å². The van der Waals surface area contributed by atoms with Crippen LogP contribution in [0.25, 0.3) is 0 Å². The van der Waals surface area contributed by atoms with E-state index in [1.54, 1.807) is 13.0 Å². The summed E-state index contributed by atoms with van der Waals surface area (Å²) in [6, 6.07) is 14.5. The molecule has 2 aromatic rings. The Labute approximate surface area is 218 Å². The van der Waals surface area contributed by atoms with Gasteiger partial charge in [0.05, 0.1) is 5.41 Å². The van der Waals surface area contributed by atoms with Crippen LogP contribution >= 0.6 is 24.8 Å². The van der Waals surface area contributed by atoms with E-state index in [4.69, 9.17) is 9.84 Å². The van der Waals surface area contributed by atoms with E-state index in [2.05, 4.69) is 22.3 Å². The van der Waals surface area contributed by atoms with Gasteiger partial charge in [0.1, 0.15) is 35.6 Å². The number of Topliss-reactive ketones (excluding diaryl/α,β-unsaturated/α-hetero) is 1. The third kappa shape index (κ3) is 5.19. The Morgan fingerprint density at radius 1 is 1.14 bits per heavy atom. The summed E-state index contributed by atoms with van der Waals surface area (Å²) in [5.74, 6) is 0.209. The standard InChI is InChI=1S/C26H31FN4O2.2ClH/c1-19(32)25-26(20-7-3-2-4-8-20,11-5-6-14-30-15-12-28-13-16-30)24-18-33-23-10-9-21(27)17-22(23)31(24)29-25;;/h2-4,7-10,17,24,28H,5-6,11-16,18H2,1H3;2*1H/t24?,26-;;/m1../s1. The lowest BCUT2D eigenvalue weighted by Gasteiger charge is -2.41. The Morgan fingerprint density at radius 2 is 1.89 bits per heavy atom. The van der Waals surface area contributed by atoms with Crippen molar-refractivity contribution in [3.8, 4) is 5.75 Å². The third-order valence-corrected chi connectivity index (χ3v) is 7.19. The zero-order valence-electron chi connectivity index (χ0n) is 19.9. The van der Waals surface area contributed by atoms with Gasteiger partial charge in [0.25, 0.3) is 0 Å². The molecule has 1 N–H and O–H groups in total. The van der Waals surface area contributed by atoms with Gasteiger partial charge in [0.15, 0.2) is 5.78 Å². The monoisotopic (exact) mass is 522 g/mol. The lowest BCUT2D eigenvalue weighted by atomic mass is 9.67. The number of ketones is 1. The van der Waals surface area contributed by atoms with Gasteiger partial charge in [-0.2, -0.15) is 5.10 Å². The molecule has 0 saturated carbocycles. The zero-order valence-corrected chi connectivity index (χ0v) is 21.5. The van der Waals surface area contributed by atoms with E-state index < -0.39 is 5.41 Å². The first-order valence-electron chi connectivity index (χ1n) is 11.9. The van der Waals surface area contributed by atoms with E-state index >= 15 is 0 Å². The Bertz CT molecular complexity index is 1050. The lowest BCUT2D eigenvalue weighted by Crippen LogP contribution is -2.53. The summed E-state index contributed by atoms with van der Waals surface area (Å²) in [5.41, 5.74) is 1.60. The van der Waals surface area contributed by atoms with Crippen molar-refractivity contribution in [1.29, 1.82) is 0 Å². The highest BCUT2D eigenvalue weighted by molar-refractivity contribution is 6.43. The number of hydrazone groups is 1. The largest absolute Gasteiger partial charge is 0.489 e. The highest BCUT2D eigenvalue weighted by Crippen LogP contribution is 2.48. The van der Waals surface area contributed by atoms with Crippen LogP contribution in [0.3, 0.4) is 0 Å². The van der Waals surface area contributed by atoms with Gasteiger partial charge >= 0.3 is 0 Å². The van der Waals surface area contributed by atoms with Crippen LogP contribution in [0.15, 0.2) is 53.6 Å². The van der Waals surface area contributed by atoms with E-state index in [1.165, 1.54) is 12.1 Å². The minimum Gasteiger partial charge on any atom is -0.489 e. The normalized spacial score (nSPS) is 23.2. The maximum Gasteiger partial charge on any atom is 0.176 e. The molecule has 3 aliphatic heterocycles. The topological polar surface area (TPSA) is 57.2 Å². The van der Waals surface area contributed by atoms with E-state index in [1.807, 2.05) is 23.2 Å². The molecular formula is C26H33Cl2FN4O2. The van der Waals surface area contributed by atoms with Crippen molar-refractivity contribution < 1.29 is 13.9 Å². The molecule has 9 heteroatoms. The number of halogens is 3. The van der Waals surface area contributed by atoms with Gasteiger partial charge in [-0.3, -0.25) is 9.80 Å². The van der Waals surface area contributed by atoms with Gasteiger partial charge in [-0.15, -0.1) is 24.8 Å². The van der Waals surface area contributed by atoms with E-state index in [-0.39, 0.29) is 42.5 Å². The number of unbranched alkanes of at least 4 members (excludes halogenated alkanes) is 1. The maximum atomic E-state index is 14.1. The molecule has 5 rings (SSSR count). The molecule has 0 radical (unpaired) electrons. The van der Waals surface area contributed by atoms with Crippen molar-refractivity contribution >= 4 is 42.0 Å². The fraction of sp³-hybridized carbons (Fsp3) is 0.462. The average molecular weight is 523 g/mol. The number of ether oxygens (including phenoxy) is 1. The summed E-state index contributed by atoms with van der Waals surface area (Å²) in [7, 11) is 0. The zero-order chi connectivity index (χ0) is 22.8. The number of hydrogen-bond donors (Lipinski definition) is 1. The van der Waals surface area contributed by atoms with Gasteiger partial charge in [-0.25, -0.2) is 4.39 Å². The molecule has 0 aromatic heterocycles. The summed E-state index contributed by atoms with van der Waals surface area (Å²) >= 11 is 0. The highest BCUT2D eigenvalue weighted by atomic mass is 35.5. The number of nitrogens with one attached hydrogen (secondary N) is 1. The Kier molecular flexibility index (Phi) is 9.16. The third-order valence-electron chi connectivity index (χ3n) is 7.19. The van der Waals surface area contributed by atoms with E-state index in [0.29, 0.717) is 23.8 Å². The molecule has 0 spiro atoms. The molecule has 0 amide bonds. The molecule has 3 aliphatic rings. The number of anilines is 1. The minimum atomic E-state index is -0.597.